The second-order valence-electron chi connectivity index (χ2n) is 4.82. The fourth-order valence-electron chi connectivity index (χ4n) is 1.94. The summed E-state index contributed by atoms with van der Waals surface area (Å²) in [4.78, 5) is 5.31. The Morgan fingerprint density at radius 3 is 3.00 bits per heavy atom. The Morgan fingerprint density at radius 1 is 1.50 bits per heavy atom. The second kappa shape index (κ2) is 8.43. The summed E-state index contributed by atoms with van der Waals surface area (Å²) in [6.45, 7) is 3.25. The van der Waals surface area contributed by atoms with E-state index >= 15 is 0 Å². The van der Waals surface area contributed by atoms with Crippen molar-refractivity contribution in [2.45, 2.75) is 19.5 Å². The number of hydrogen-bond donors (Lipinski definition) is 1. The van der Waals surface area contributed by atoms with Crippen LogP contribution in [0, 0.1) is 0 Å². The summed E-state index contributed by atoms with van der Waals surface area (Å²) in [5.74, 6) is 0. The molecule has 0 saturated heterocycles. The van der Waals surface area contributed by atoms with Crippen LogP contribution in [-0.4, -0.2) is 29.4 Å². The van der Waals surface area contributed by atoms with Gasteiger partial charge in [-0.2, -0.15) is 4.99 Å². The van der Waals surface area contributed by atoms with E-state index in [1.165, 1.54) is 11.3 Å². The highest BCUT2D eigenvalue weighted by molar-refractivity contribution is 7.80. The molecule has 2 aromatic rings. The van der Waals surface area contributed by atoms with Gasteiger partial charge < -0.3 is 14.6 Å². The first kappa shape index (κ1) is 17.1. The van der Waals surface area contributed by atoms with Gasteiger partial charge in [0.05, 0.1) is 13.2 Å². The summed E-state index contributed by atoms with van der Waals surface area (Å²) >= 11 is 13.0. The van der Waals surface area contributed by atoms with Crippen molar-refractivity contribution in [3.8, 4) is 0 Å². The van der Waals surface area contributed by atoms with Crippen LogP contribution in [0.4, 0.5) is 0 Å². The summed E-state index contributed by atoms with van der Waals surface area (Å²) in [5.41, 5.74) is 1.05. The SMILES string of the molecule is COCC(C)NC(=S)/N=c1\sccn1Cc1ccccc1Cl. The molecule has 0 fully saturated rings. The van der Waals surface area contributed by atoms with Crippen LogP contribution in [0.15, 0.2) is 40.8 Å². The average Bonchev–Trinajstić information content (AvgIpc) is 2.88. The van der Waals surface area contributed by atoms with Gasteiger partial charge in [0.15, 0.2) is 9.91 Å². The van der Waals surface area contributed by atoms with E-state index in [0.717, 1.165) is 15.4 Å². The zero-order chi connectivity index (χ0) is 15.9. The number of aromatic nitrogens is 1. The number of benzene rings is 1. The molecule has 1 aromatic carbocycles. The molecule has 1 N–H and O–H groups in total. The Labute approximate surface area is 144 Å². The Hall–Kier alpha value is -1.21. The number of ether oxygens (including phenoxy) is 1. The Balaban J connectivity index is 2.14. The third kappa shape index (κ3) is 4.91. The number of methoxy groups -OCH3 is 1. The van der Waals surface area contributed by atoms with Crippen molar-refractivity contribution in [1.82, 2.24) is 9.88 Å². The number of thiazole rings is 1. The Morgan fingerprint density at radius 2 is 2.27 bits per heavy atom. The molecule has 2 rings (SSSR count). The molecule has 0 aliphatic carbocycles. The minimum Gasteiger partial charge on any atom is -0.383 e. The first-order valence-corrected chi connectivity index (χ1v) is 8.48. The van der Waals surface area contributed by atoms with E-state index in [0.29, 0.717) is 18.3 Å². The van der Waals surface area contributed by atoms with Gasteiger partial charge in [-0.1, -0.05) is 29.8 Å². The van der Waals surface area contributed by atoms with Gasteiger partial charge in [0, 0.05) is 29.8 Å². The van der Waals surface area contributed by atoms with Crippen LogP contribution in [0.3, 0.4) is 0 Å². The van der Waals surface area contributed by atoms with Gasteiger partial charge in [0.25, 0.3) is 0 Å². The van der Waals surface area contributed by atoms with Crippen LogP contribution in [0.2, 0.25) is 5.02 Å². The highest BCUT2D eigenvalue weighted by Gasteiger charge is 2.05. The van der Waals surface area contributed by atoms with Crippen molar-refractivity contribution in [3.05, 3.63) is 51.2 Å². The van der Waals surface area contributed by atoms with E-state index in [4.69, 9.17) is 28.6 Å². The van der Waals surface area contributed by atoms with E-state index in [9.17, 15) is 0 Å². The largest absolute Gasteiger partial charge is 0.383 e. The molecule has 1 heterocycles. The highest BCUT2D eigenvalue weighted by Crippen LogP contribution is 2.15. The molecule has 1 unspecified atom stereocenters. The lowest BCUT2D eigenvalue weighted by molar-refractivity contribution is 0.179. The zero-order valence-corrected chi connectivity index (χ0v) is 14.8. The molecular weight excluding hydrogens is 338 g/mol. The minimum atomic E-state index is 0.123. The molecule has 0 radical (unpaired) electrons. The molecule has 1 aromatic heterocycles. The standard InChI is InChI=1S/C15H18ClN3OS2/c1-11(10-20-2)17-14(21)18-15-19(7-8-22-15)9-12-5-3-4-6-13(12)16/h3-8,11H,9-10H2,1-2H3,(H,17,21)/b18-15-. The molecule has 0 aliphatic rings. The molecule has 0 bridgehead atoms. The quantitative estimate of drug-likeness (QED) is 0.838. The Kier molecular flexibility index (Phi) is 6.57. The predicted octanol–water partition coefficient (Wildman–Crippen LogP) is 3.06. The van der Waals surface area contributed by atoms with Gasteiger partial charge in [0.2, 0.25) is 0 Å². The summed E-state index contributed by atoms with van der Waals surface area (Å²) in [6.07, 6.45) is 1.98. The first-order valence-electron chi connectivity index (χ1n) is 6.81. The van der Waals surface area contributed by atoms with Crippen molar-refractivity contribution in [1.29, 1.82) is 0 Å². The van der Waals surface area contributed by atoms with E-state index in [-0.39, 0.29) is 6.04 Å². The third-order valence-electron chi connectivity index (χ3n) is 2.94. The minimum absolute atomic E-state index is 0.123. The first-order chi connectivity index (χ1) is 10.6. The number of halogens is 1. The van der Waals surface area contributed by atoms with Crippen molar-refractivity contribution in [2.24, 2.45) is 4.99 Å². The molecule has 0 saturated carbocycles. The van der Waals surface area contributed by atoms with Gasteiger partial charge >= 0.3 is 0 Å². The zero-order valence-electron chi connectivity index (χ0n) is 12.5. The maximum absolute atomic E-state index is 6.21. The van der Waals surface area contributed by atoms with E-state index in [1.807, 2.05) is 47.3 Å². The molecule has 4 nitrogen and oxygen atoms in total. The normalized spacial score (nSPS) is 13.1. The van der Waals surface area contributed by atoms with Crippen LogP contribution in [-0.2, 0) is 11.3 Å². The summed E-state index contributed by atoms with van der Waals surface area (Å²) in [5, 5.41) is 6.32. The van der Waals surface area contributed by atoms with Gasteiger partial charge in [-0.15, -0.1) is 11.3 Å². The number of nitrogens with zero attached hydrogens (tertiary/aromatic N) is 2. The molecule has 118 valence electrons. The van der Waals surface area contributed by atoms with Crippen molar-refractivity contribution < 1.29 is 4.74 Å². The maximum atomic E-state index is 6.21. The number of nitrogens with one attached hydrogen (secondary N) is 1. The van der Waals surface area contributed by atoms with Crippen LogP contribution in [0.5, 0.6) is 0 Å². The molecule has 22 heavy (non-hydrogen) atoms. The molecule has 0 spiro atoms. The van der Waals surface area contributed by atoms with E-state index < -0.39 is 0 Å². The molecular formula is C15H18ClN3OS2. The van der Waals surface area contributed by atoms with Crippen molar-refractivity contribution in [3.63, 3.8) is 0 Å². The second-order valence-corrected chi connectivity index (χ2v) is 6.49. The van der Waals surface area contributed by atoms with Gasteiger partial charge in [-0.05, 0) is 30.8 Å². The number of hydrogen-bond acceptors (Lipinski definition) is 3. The fourth-order valence-corrected chi connectivity index (χ4v) is 3.21. The van der Waals surface area contributed by atoms with Gasteiger partial charge in [-0.3, -0.25) is 0 Å². The van der Waals surface area contributed by atoms with Gasteiger partial charge in [0.1, 0.15) is 0 Å². The summed E-state index contributed by atoms with van der Waals surface area (Å²) in [6, 6.07) is 7.92. The summed E-state index contributed by atoms with van der Waals surface area (Å²) in [7, 11) is 1.66. The summed E-state index contributed by atoms with van der Waals surface area (Å²) < 4.78 is 7.10. The average molecular weight is 356 g/mol. The third-order valence-corrected chi connectivity index (χ3v) is 4.31. The van der Waals surface area contributed by atoms with Crippen LogP contribution < -0.4 is 10.1 Å². The Bertz CT molecular complexity index is 696. The van der Waals surface area contributed by atoms with E-state index in [1.54, 1.807) is 7.11 Å². The van der Waals surface area contributed by atoms with Crippen LogP contribution in [0.1, 0.15) is 12.5 Å². The molecule has 1 atom stereocenters. The lowest BCUT2D eigenvalue weighted by Crippen LogP contribution is -2.34. The fraction of sp³-hybridized carbons (Fsp3) is 0.333. The van der Waals surface area contributed by atoms with Crippen molar-refractivity contribution >= 4 is 40.3 Å². The lowest BCUT2D eigenvalue weighted by Gasteiger charge is -2.12. The monoisotopic (exact) mass is 355 g/mol. The van der Waals surface area contributed by atoms with Crippen LogP contribution >= 0.6 is 35.2 Å². The topological polar surface area (TPSA) is 38.5 Å². The molecule has 0 amide bonds. The van der Waals surface area contributed by atoms with Crippen molar-refractivity contribution in [2.75, 3.05) is 13.7 Å². The maximum Gasteiger partial charge on any atom is 0.195 e. The highest BCUT2D eigenvalue weighted by atomic mass is 35.5. The lowest BCUT2D eigenvalue weighted by atomic mass is 10.2. The smallest absolute Gasteiger partial charge is 0.195 e. The van der Waals surface area contributed by atoms with Gasteiger partial charge in [-0.25, -0.2) is 0 Å². The molecule has 0 aliphatic heterocycles. The van der Waals surface area contributed by atoms with Crippen LogP contribution in [0.25, 0.3) is 0 Å². The predicted molar refractivity (Wildman–Crippen MR) is 95.5 cm³/mol. The number of rotatable bonds is 5. The van der Waals surface area contributed by atoms with E-state index in [2.05, 4.69) is 10.3 Å². The molecule has 7 heteroatoms. The number of thiocarbonyl (C=S) groups is 1.